The molecule has 160 valence electrons. The van der Waals surface area contributed by atoms with Crippen LogP contribution in [0.15, 0.2) is 59.6 Å². The number of aryl methyl sites for hydroxylation is 2. The van der Waals surface area contributed by atoms with Crippen LogP contribution in [0.3, 0.4) is 0 Å². The van der Waals surface area contributed by atoms with E-state index in [0.717, 1.165) is 11.1 Å². The summed E-state index contributed by atoms with van der Waals surface area (Å²) in [5.41, 5.74) is 3.51. The molecule has 2 N–H and O–H groups in total. The molecule has 31 heavy (non-hydrogen) atoms. The molecule has 0 bridgehead atoms. The summed E-state index contributed by atoms with van der Waals surface area (Å²) in [5, 5.41) is 7.43. The average Bonchev–Trinajstić information content (AvgIpc) is 3.30. The lowest BCUT2D eigenvalue weighted by Crippen LogP contribution is -2.30. The van der Waals surface area contributed by atoms with Crippen molar-refractivity contribution in [3.63, 3.8) is 0 Å². The summed E-state index contributed by atoms with van der Waals surface area (Å²) in [6.07, 6.45) is 1.60. The number of amides is 2. The van der Waals surface area contributed by atoms with Crippen LogP contribution in [0.4, 0.5) is 5.69 Å². The van der Waals surface area contributed by atoms with E-state index < -0.39 is 5.91 Å². The summed E-state index contributed by atoms with van der Waals surface area (Å²) < 4.78 is 10.6. The number of carbonyl (C=O) groups excluding carboxylic acids is 2. The van der Waals surface area contributed by atoms with Crippen LogP contribution in [0.2, 0.25) is 0 Å². The fraction of sp³-hybridized carbons (Fsp3) is 0.167. The quantitative estimate of drug-likeness (QED) is 0.522. The summed E-state index contributed by atoms with van der Waals surface area (Å²) in [5.74, 6) is 0.322. The largest absolute Gasteiger partial charge is 0.493 e. The molecule has 0 saturated heterocycles. The minimum absolute atomic E-state index is 0.116. The van der Waals surface area contributed by atoms with Crippen molar-refractivity contribution < 1.29 is 19.1 Å². The van der Waals surface area contributed by atoms with Crippen LogP contribution < -0.4 is 20.1 Å². The summed E-state index contributed by atoms with van der Waals surface area (Å²) >= 11 is 1.30. The van der Waals surface area contributed by atoms with Gasteiger partial charge in [0.05, 0.1) is 19.1 Å². The van der Waals surface area contributed by atoms with Gasteiger partial charge in [0, 0.05) is 5.69 Å². The van der Waals surface area contributed by atoms with Crippen molar-refractivity contribution in [2.24, 2.45) is 0 Å². The molecule has 3 aromatic rings. The fourth-order valence-corrected chi connectivity index (χ4v) is 3.62. The molecule has 0 fully saturated rings. The molecule has 7 heteroatoms. The van der Waals surface area contributed by atoms with E-state index in [2.05, 4.69) is 10.6 Å². The Morgan fingerprint density at radius 2 is 1.74 bits per heavy atom. The minimum Gasteiger partial charge on any atom is -0.493 e. The number of methoxy groups -OCH3 is 2. The van der Waals surface area contributed by atoms with E-state index in [9.17, 15) is 9.59 Å². The molecule has 0 aliphatic rings. The standard InChI is InChI=1S/C24H24N2O4S/c1-15-7-9-18(16(2)12-15)25-23(27)19(26-24(28)22-6-5-11-31-22)13-17-8-10-20(29-3)21(14-17)30-4/h5-14H,1-4H3,(H,25,27)(H,26,28)/b19-13-. The van der Waals surface area contributed by atoms with E-state index in [4.69, 9.17) is 9.47 Å². The predicted molar refractivity (Wildman–Crippen MR) is 124 cm³/mol. The molecule has 0 unspecified atom stereocenters. The van der Waals surface area contributed by atoms with Crippen molar-refractivity contribution in [1.82, 2.24) is 5.32 Å². The van der Waals surface area contributed by atoms with Crippen LogP contribution in [-0.4, -0.2) is 26.0 Å². The first-order valence-corrected chi connectivity index (χ1v) is 10.5. The zero-order valence-corrected chi connectivity index (χ0v) is 18.6. The third-order valence-electron chi connectivity index (χ3n) is 4.59. The maximum Gasteiger partial charge on any atom is 0.272 e. The number of ether oxygens (including phenoxy) is 2. The molecule has 3 rings (SSSR count). The van der Waals surface area contributed by atoms with Crippen LogP contribution in [-0.2, 0) is 4.79 Å². The van der Waals surface area contributed by atoms with Gasteiger partial charge in [-0.05, 0) is 60.7 Å². The third kappa shape index (κ3) is 5.52. The number of hydrogen-bond acceptors (Lipinski definition) is 5. The van der Waals surface area contributed by atoms with Crippen molar-refractivity contribution in [3.8, 4) is 11.5 Å². The van der Waals surface area contributed by atoms with Gasteiger partial charge in [0.25, 0.3) is 11.8 Å². The lowest BCUT2D eigenvalue weighted by atomic mass is 10.1. The lowest BCUT2D eigenvalue weighted by Gasteiger charge is -2.13. The van der Waals surface area contributed by atoms with E-state index in [-0.39, 0.29) is 11.6 Å². The highest BCUT2D eigenvalue weighted by Crippen LogP contribution is 2.28. The average molecular weight is 437 g/mol. The highest BCUT2D eigenvalue weighted by molar-refractivity contribution is 7.12. The summed E-state index contributed by atoms with van der Waals surface area (Å²) in [6, 6.07) is 14.5. The minimum atomic E-state index is -0.424. The maximum atomic E-state index is 13.1. The Labute approximate surface area is 185 Å². The van der Waals surface area contributed by atoms with Gasteiger partial charge in [-0.3, -0.25) is 9.59 Å². The Morgan fingerprint density at radius 3 is 2.39 bits per heavy atom. The molecule has 2 amide bonds. The van der Waals surface area contributed by atoms with Gasteiger partial charge in [-0.2, -0.15) is 0 Å². The van der Waals surface area contributed by atoms with Crippen LogP contribution >= 0.6 is 11.3 Å². The monoisotopic (exact) mass is 436 g/mol. The smallest absolute Gasteiger partial charge is 0.272 e. The van der Waals surface area contributed by atoms with Crippen molar-refractivity contribution in [3.05, 3.63) is 81.2 Å². The number of anilines is 1. The summed E-state index contributed by atoms with van der Waals surface area (Å²) in [7, 11) is 3.09. The van der Waals surface area contributed by atoms with Gasteiger partial charge in [-0.15, -0.1) is 11.3 Å². The Kier molecular flexibility index (Phi) is 7.10. The van der Waals surface area contributed by atoms with Crippen LogP contribution in [0, 0.1) is 13.8 Å². The number of rotatable bonds is 7. The second kappa shape index (κ2) is 9.95. The van der Waals surface area contributed by atoms with Gasteiger partial charge in [-0.1, -0.05) is 29.8 Å². The molecule has 1 heterocycles. The Bertz CT molecular complexity index is 1120. The van der Waals surface area contributed by atoms with Crippen LogP contribution in [0.1, 0.15) is 26.4 Å². The second-order valence-electron chi connectivity index (χ2n) is 6.88. The molecule has 0 atom stereocenters. The Hall–Kier alpha value is -3.58. The maximum absolute atomic E-state index is 13.1. The third-order valence-corrected chi connectivity index (χ3v) is 5.46. The molecule has 0 radical (unpaired) electrons. The molecular weight excluding hydrogens is 412 g/mol. The summed E-state index contributed by atoms with van der Waals surface area (Å²) in [4.78, 5) is 26.2. The van der Waals surface area contributed by atoms with E-state index in [0.29, 0.717) is 27.6 Å². The van der Waals surface area contributed by atoms with Crippen molar-refractivity contribution >= 4 is 34.9 Å². The Morgan fingerprint density at radius 1 is 0.968 bits per heavy atom. The van der Waals surface area contributed by atoms with Crippen molar-refractivity contribution in [1.29, 1.82) is 0 Å². The van der Waals surface area contributed by atoms with Gasteiger partial charge in [0.15, 0.2) is 11.5 Å². The van der Waals surface area contributed by atoms with Gasteiger partial charge in [-0.25, -0.2) is 0 Å². The zero-order valence-electron chi connectivity index (χ0n) is 17.8. The predicted octanol–water partition coefficient (Wildman–Crippen LogP) is 4.79. The fourth-order valence-electron chi connectivity index (χ4n) is 3.00. The molecule has 6 nitrogen and oxygen atoms in total. The first-order chi connectivity index (χ1) is 14.9. The van der Waals surface area contributed by atoms with Crippen molar-refractivity contribution in [2.75, 3.05) is 19.5 Å². The van der Waals surface area contributed by atoms with E-state index in [1.807, 2.05) is 37.4 Å². The molecule has 0 aliphatic heterocycles. The van der Waals surface area contributed by atoms with Crippen LogP contribution in [0.25, 0.3) is 6.08 Å². The van der Waals surface area contributed by atoms with Crippen molar-refractivity contribution in [2.45, 2.75) is 13.8 Å². The normalized spacial score (nSPS) is 11.0. The topological polar surface area (TPSA) is 76.7 Å². The number of benzene rings is 2. The zero-order chi connectivity index (χ0) is 22.4. The van der Waals surface area contributed by atoms with Gasteiger partial charge < -0.3 is 20.1 Å². The molecular formula is C24H24N2O4S. The lowest BCUT2D eigenvalue weighted by molar-refractivity contribution is -0.113. The number of hydrogen-bond donors (Lipinski definition) is 2. The van der Waals surface area contributed by atoms with E-state index in [1.54, 1.807) is 43.5 Å². The number of carbonyl (C=O) groups is 2. The molecule has 2 aromatic carbocycles. The number of nitrogens with one attached hydrogen (secondary N) is 2. The van der Waals surface area contributed by atoms with Gasteiger partial charge in [0.1, 0.15) is 5.70 Å². The second-order valence-corrected chi connectivity index (χ2v) is 7.82. The number of thiophene rings is 1. The van der Waals surface area contributed by atoms with Gasteiger partial charge in [0.2, 0.25) is 0 Å². The SMILES string of the molecule is COc1ccc(/C=C(\NC(=O)c2cccs2)C(=O)Nc2ccc(C)cc2C)cc1OC. The Balaban J connectivity index is 1.94. The molecule has 0 saturated carbocycles. The first-order valence-electron chi connectivity index (χ1n) is 9.58. The first kappa shape index (κ1) is 22.1. The highest BCUT2D eigenvalue weighted by Gasteiger charge is 2.17. The van der Waals surface area contributed by atoms with E-state index in [1.165, 1.54) is 18.4 Å². The van der Waals surface area contributed by atoms with Gasteiger partial charge >= 0.3 is 0 Å². The summed E-state index contributed by atoms with van der Waals surface area (Å²) in [6.45, 7) is 3.91. The highest BCUT2D eigenvalue weighted by atomic mass is 32.1. The molecule has 1 aromatic heterocycles. The van der Waals surface area contributed by atoms with E-state index >= 15 is 0 Å². The molecule has 0 aliphatic carbocycles. The molecule has 0 spiro atoms. The van der Waals surface area contributed by atoms with Crippen LogP contribution in [0.5, 0.6) is 11.5 Å².